The molecule has 13 heavy (non-hydrogen) atoms. The van der Waals surface area contributed by atoms with E-state index in [-0.39, 0.29) is 0 Å². The molecule has 1 atom stereocenters. The molecule has 0 spiro atoms. The number of aromatic nitrogens is 1. The molecule has 72 valence electrons. The van der Waals surface area contributed by atoms with Gasteiger partial charge in [-0.15, -0.1) is 11.3 Å². The highest BCUT2D eigenvalue weighted by molar-refractivity contribution is 7.13. The Balaban J connectivity index is 2.26. The normalized spacial score (nSPS) is 26.5. The molecule has 1 saturated carbocycles. The lowest BCUT2D eigenvalue weighted by atomic mass is 9.80. The van der Waals surface area contributed by atoms with Crippen LogP contribution < -0.4 is 5.73 Å². The van der Waals surface area contributed by atoms with Gasteiger partial charge in [-0.2, -0.15) is 0 Å². The summed E-state index contributed by atoms with van der Waals surface area (Å²) >= 11 is 1.56. The van der Waals surface area contributed by atoms with Crippen LogP contribution in [0.2, 0.25) is 0 Å². The van der Waals surface area contributed by atoms with E-state index in [4.69, 9.17) is 5.73 Å². The minimum Gasteiger partial charge on any atom is -0.375 e. The number of nitrogens with zero attached hydrogens (tertiary/aromatic N) is 1. The highest BCUT2D eigenvalue weighted by Gasteiger charge is 2.36. The third-order valence-corrected chi connectivity index (χ3v) is 3.85. The van der Waals surface area contributed by atoms with E-state index in [0.717, 1.165) is 0 Å². The van der Waals surface area contributed by atoms with Crippen molar-refractivity contribution in [2.24, 2.45) is 5.41 Å². The van der Waals surface area contributed by atoms with Crippen molar-refractivity contribution in [3.8, 4) is 0 Å². The number of hydrogen-bond acceptors (Lipinski definition) is 3. The first kappa shape index (κ1) is 9.00. The summed E-state index contributed by atoms with van der Waals surface area (Å²) in [6, 6.07) is 0. The Labute approximate surface area is 83.2 Å². The fourth-order valence-electron chi connectivity index (χ4n) is 2.34. The van der Waals surface area contributed by atoms with E-state index in [9.17, 15) is 0 Å². The smallest absolute Gasteiger partial charge is 0.180 e. The molecular formula is C10H16N2S. The SMILES string of the molecule is CC1(C)CCCC1c1csc(N)n1. The van der Waals surface area contributed by atoms with Crippen molar-refractivity contribution in [3.05, 3.63) is 11.1 Å². The van der Waals surface area contributed by atoms with Crippen LogP contribution in [-0.4, -0.2) is 4.98 Å². The maximum absolute atomic E-state index is 5.64. The van der Waals surface area contributed by atoms with Gasteiger partial charge in [0, 0.05) is 11.3 Å². The summed E-state index contributed by atoms with van der Waals surface area (Å²) in [5.74, 6) is 0.626. The van der Waals surface area contributed by atoms with Gasteiger partial charge in [-0.05, 0) is 18.3 Å². The zero-order valence-electron chi connectivity index (χ0n) is 8.21. The van der Waals surface area contributed by atoms with Gasteiger partial charge in [-0.1, -0.05) is 20.3 Å². The van der Waals surface area contributed by atoms with Crippen molar-refractivity contribution >= 4 is 16.5 Å². The predicted octanol–water partition coefficient (Wildman–Crippen LogP) is 3.02. The van der Waals surface area contributed by atoms with Gasteiger partial charge in [-0.3, -0.25) is 0 Å². The van der Waals surface area contributed by atoms with Crippen LogP contribution in [0.5, 0.6) is 0 Å². The molecule has 0 bridgehead atoms. The van der Waals surface area contributed by atoms with Crippen LogP contribution in [0.4, 0.5) is 5.13 Å². The van der Waals surface area contributed by atoms with Gasteiger partial charge in [-0.25, -0.2) is 4.98 Å². The molecule has 2 rings (SSSR count). The van der Waals surface area contributed by atoms with Gasteiger partial charge in [0.05, 0.1) is 5.69 Å². The highest BCUT2D eigenvalue weighted by Crippen LogP contribution is 2.48. The number of thiazole rings is 1. The van der Waals surface area contributed by atoms with Crippen LogP contribution >= 0.6 is 11.3 Å². The molecule has 0 radical (unpaired) electrons. The van der Waals surface area contributed by atoms with E-state index in [1.165, 1.54) is 25.0 Å². The lowest BCUT2D eigenvalue weighted by Gasteiger charge is -2.25. The topological polar surface area (TPSA) is 38.9 Å². The van der Waals surface area contributed by atoms with Crippen molar-refractivity contribution in [1.29, 1.82) is 0 Å². The van der Waals surface area contributed by atoms with E-state index in [1.807, 2.05) is 0 Å². The molecule has 1 aliphatic carbocycles. The largest absolute Gasteiger partial charge is 0.375 e. The molecule has 1 fully saturated rings. The van der Waals surface area contributed by atoms with Gasteiger partial charge in [0.2, 0.25) is 0 Å². The Morgan fingerprint density at radius 2 is 2.38 bits per heavy atom. The lowest BCUT2D eigenvalue weighted by Crippen LogP contribution is -2.15. The maximum atomic E-state index is 5.64. The second kappa shape index (κ2) is 2.98. The lowest BCUT2D eigenvalue weighted by molar-refractivity contribution is 0.328. The first-order valence-corrected chi connectivity index (χ1v) is 5.68. The second-order valence-electron chi connectivity index (χ2n) is 4.54. The molecular weight excluding hydrogens is 180 g/mol. The van der Waals surface area contributed by atoms with E-state index >= 15 is 0 Å². The summed E-state index contributed by atoms with van der Waals surface area (Å²) in [5, 5.41) is 2.82. The van der Waals surface area contributed by atoms with E-state index < -0.39 is 0 Å². The molecule has 1 heterocycles. The molecule has 0 aromatic carbocycles. The number of anilines is 1. The number of nitrogens with two attached hydrogens (primary N) is 1. The molecule has 1 aliphatic rings. The number of hydrogen-bond donors (Lipinski definition) is 1. The minimum absolute atomic E-state index is 0.417. The summed E-state index contributed by atoms with van der Waals surface area (Å²) in [4.78, 5) is 4.38. The molecule has 2 nitrogen and oxygen atoms in total. The summed E-state index contributed by atoms with van der Waals surface area (Å²) in [5.41, 5.74) is 7.27. The molecule has 0 amide bonds. The van der Waals surface area contributed by atoms with Crippen LogP contribution in [0, 0.1) is 5.41 Å². The first-order valence-electron chi connectivity index (χ1n) is 4.80. The molecule has 1 aromatic heterocycles. The van der Waals surface area contributed by atoms with Gasteiger partial charge >= 0.3 is 0 Å². The molecule has 2 N–H and O–H groups in total. The van der Waals surface area contributed by atoms with Crippen LogP contribution in [0.25, 0.3) is 0 Å². The monoisotopic (exact) mass is 196 g/mol. The van der Waals surface area contributed by atoms with Gasteiger partial charge < -0.3 is 5.73 Å². The van der Waals surface area contributed by atoms with E-state index in [0.29, 0.717) is 16.5 Å². The van der Waals surface area contributed by atoms with Gasteiger partial charge in [0.15, 0.2) is 5.13 Å². The van der Waals surface area contributed by atoms with Gasteiger partial charge in [0.1, 0.15) is 0 Å². The molecule has 1 aromatic rings. The standard InChI is InChI=1S/C10H16N2S/c1-10(2)5-3-4-7(10)8-6-13-9(11)12-8/h6-7H,3-5H2,1-2H3,(H2,11,12). The number of nitrogen functional groups attached to an aromatic ring is 1. The second-order valence-corrected chi connectivity index (χ2v) is 5.43. The third kappa shape index (κ3) is 1.57. The Bertz CT molecular complexity index is 304. The van der Waals surface area contributed by atoms with Crippen LogP contribution in [0.3, 0.4) is 0 Å². The molecule has 0 saturated heterocycles. The Morgan fingerprint density at radius 1 is 1.62 bits per heavy atom. The summed E-state index contributed by atoms with van der Waals surface area (Å²) in [7, 11) is 0. The fourth-order valence-corrected chi connectivity index (χ4v) is 2.95. The van der Waals surface area contributed by atoms with E-state index in [1.54, 1.807) is 11.3 Å². The van der Waals surface area contributed by atoms with E-state index in [2.05, 4.69) is 24.2 Å². The van der Waals surface area contributed by atoms with Crippen LogP contribution in [0.15, 0.2) is 5.38 Å². The molecule has 0 aliphatic heterocycles. The predicted molar refractivity (Wildman–Crippen MR) is 56.9 cm³/mol. The van der Waals surface area contributed by atoms with Crippen LogP contribution in [-0.2, 0) is 0 Å². The summed E-state index contributed by atoms with van der Waals surface area (Å²) < 4.78 is 0. The summed E-state index contributed by atoms with van der Waals surface area (Å²) in [6.45, 7) is 4.67. The molecule has 3 heteroatoms. The van der Waals surface area contributed by atoms with Crippen molar-refractivity contribution < 1.29 is 0 Å². The van der Waals surface area contributed by atoms with Crippen molar-refractivity contribution in [1.82, 2.24) is 4.98 Å². The Kier molecular flexibility index (Phi) is 2.06. The number of rotatable bonds is 1. The van der Waals surface area contributed by atoms with Crippen molar-refractivity contribution in [2.75, 3.05) is 5.73 Å². The zero-order chi connectivity index (χ0) is 9.47. The molecule has 1 unspecified atom stereocenters. The Morgan fingerprint density at radius 3 is 2.85 bits per heavy atom. The average molecular weight is 196 g/mol. The van der Waals surface area contributed by atoms with Crippen molar-refractivity contribution in [2.45, 2.75) is 39.0 Å². The fraction of sp³-hybridized carbons (Fsp3) is 0.700. The first-order chi connectivity index (χ1) is 6.09. The van der Waals surface area contributed by atoms with Crippen molar-refractivity contribution in [3.63, 3.8) is 0 Å². The van der Waals surface area contributed by atoms with Crippen LogP contribution in [0.1, 0.15) is 44.7 Å². The summed E-state index contributed by atoms with van der Waals surface area (Å²) in [6.07, 6.45) is 3.92. The minimum atomic E-state index is 0.417. The quantitative estimate of drug-likeness (QED) is 0.750. The highest BCUT2D eigenvalue weighted by atomic mass is 32.1. The Hall–Kier alpha value is -0.570. The third-order valence-electron chi connectivity index (χ3n) is 3.15. The average Bonchev–Trinajstić information content (AvgIpc) is 2.56. The maximum Gasteiger partial charge on any atom is 0.180 e. The zero-order valence-corrected chi connectivity index (χ0v) is 9.03. The van der Waals surface area contributed by atoms with Gasteiger partial charge in [0.25, 0.3) is 0 Å².